The van der Waals surface area contributed by atoms with E-state index in [9.17, 15) is 5.26 Å². The van der Waals surface area contributed by atoms with Gasteiger partial charge in [0.1, 0.15) is 18.2 Å². The fourth-order valence-corrected chi connectivity index (χ4v) is 3.50. The van der Waals surface area contributed by atoms with Gasteiger partial charge in [0, 0.05) is 22.4 Å². The second-order valence-corrected chi connectivity index (χ2v) is 6.69. The number of rotatable bonds is 1. The molecule has 3 heteroatoms. The molecule has 25 heavy (non-hydrogen) atoms. The molecule has 0 saturated heterocycles. The Hall–Kier alpha value is -3.12. The molecule has 3 nitrogen and oxygen atoms in total. The first-order valence-electron chi connectivity index (χ1n) is 8.33. The number of nitrogens with zero attached hydrogens (tertiary/aromatic N) is 2. The van der Waals surface area contributed by atoms with Gasteiger partial charge in [0.25, 0.3) is 0 Å². The molecular formula is C22H19N2O+. The van der Waals surface area contributed by atoms with Crippen molar-refractivity contribution in [1.82, 2.24) is 0 Å². The van der Waals surface area contributed by atoms with Crippen LogP contribution in [0, 0.1) is 32.1 Å². The fourth-order valence-electron chi connectivity index (χ4n) is 3.50. The van der Waals surface area contributed by atoms with Gasteiger partial charge in [-0.15, -0.1) is 0 Å². The average Bonchev–Trinajstić information content (AvgIpc) is 2.95. The Morgan fingerprint density at radius 2 is 1.76 bits per heavy atom. The van der Waals surface area contributed by atoms with E-state index in [4.69, 9.17) is 4.42 Å². The van der Waals surface area contributed by atoms with Crippen LogP contribution >= 0.6 is 0 Å². The summed E-state index contributed by atoms with van der Waals surface area (Å²) in [7, 11) is 2.07. The highest BCUT2D eigenvalue weighted by Gasteiger charge is 2.18. The topological polar surface area (TPSA) is 40.8 Å². The molecule has 0 aliphatic rings. The molecule has 2 heterocycles. The van der Waals surface area contributed by atoms with E-state index >= 15 is 0 Å². The maximum Gasteiger partial charge on any atom is 0.212 e. The lowest BCUT2D eigenvalue weighted by atomic mass is 9.98. The smallest absolute Gasteiger partial charge is 0.212 e. The third-order valence-electron chi connectivity index (χ3n) is 4.98. The van der Waals surface area contributed by atoms with E-state index in [1.165, 1.54) is 16.7 Å². The summed E-state index contributed by atoms with van der Waals surface area (Å²) in [6.07, 6.45) is 2.15. The van der Waals surface area contributed by atoms with Crippen molar-refractivity contribution in [3.8, 4) is 17.3 Å². The van der Waals surface area contributed by atoms with Crippen LogP contribution in [0.1, 0.15) is 22.3 Å². The SMILES string of the molecule is Cc1cc(-c2cc3oc4cccc(C#N)c4c3cc2C)[n+](C)cc1C. The zero-order chi connectivity index (χ0) is 17.7. The number of pyridine rings is 1. The second-order valence-electron chi connectivity index (χ2n) is 6.69. The van der Waals surface area contributed by atoms with Crippen molar-refractivity contribution in [2.24, 2.45) is 7.05 Å². The van der Waals surface area contributed by atoms with Crippen LogP contribution in [0.25, 0.3) is 33.2 Å². The first-order chi connectivity index (χ1) is 12.0. The molecule has 2 aromatic heterocycles. The first-order valence-corrected chi connectivity index (χ1v) is 8.33. The minimum Gasteiger partial charge on any atom is -0.456 e. The van der Waals surface area contributed by atoms with E-state index in [0.717, 1.165) is 33.2 Å². The molecule has 4 aromatic rings. The minimum absolute atomic E-state index is 0.653. The van der Waals surface area contributed by atoms with Crippen LogP contribution in [0.3, 0.4) is 0 Å². The van der Waals surface area contributed by atoms with Gasteiger partial charge in [0.05, 0.1) is 17.2 Å². The van der Waals surface area contributed by atoms with Crippen molar-refractivity contribution in [2.45, 2.75) is 20.8 Å². The maximum atomic E-state index is 9.41. The Morgan fingerprint density at radius 3 is 2.52 bits per heavy atom. The lowest BCUT2D eigenvalue weighted by Crippen LogP contribution is -2.31. The van der Waals surface area contributed by atoms with Gasteiger partial charge in [0.2, 0.25) is 5.69 Å². The lowest BCUT2D eigenvalue weighted by molar-refractivity contribution is -0.660. The molecule has 0 aliphatic heterocycles. The molecule has 0 radical (unpaired) electrons. The third kappa shape index (κ3) is 2.30. The zero-order valence-corrected chi connectivity index (χ0v) is 14.8. The highest BCUT2D eigenvalue weighted by atomic mass is 16.3. The van der Waals surface area contributed by atoms with Crippen molar-refractivity contribution in [3.63, 3.8) is 0 Å². The Balaban J connectivity index is 2.05. The summed E-state index contributed by atoms with van der Waals surface area (Å²) in [5, 5.41) is 11.3. The summed E-state index contributed by atoms with van der Waals surface area (Å²) in [6, 6.07) is 14.3. The summed E-state index contributed by atoms with van der Waals surface area (Å²) >= 11 is 0. The molecule has 4 rings (SSSR count). The van der Waals surface area contributed by atoms with E-state index in [1.54, 1.807) is 0 Å². The monoisotopic (exact) mass is 327 g/mol. The van der Waals surface area contributed by atoms with Crippen molar-refractivity contribution >= 4 is 21.9 Å². The lowest BCUT2D eigenvalue weighted by Gasteiger charge is -2.07. The normalized spacial score (nSPS) is 11.2. The maximum absolute atomic E-state index is 9.41. The number of hydrogen-bond donors (Lipinski definition) is 0. The Kier molecular flexibility index (Phi) is 3.36. The summed E-state index contributed by atoms with van der Waals surface area (Å²) < 4.78 is 8.20. The summed E-state index contributed by atoms with van der Waals surface area (Å²) in [4.78, 5) is 0. The average molecular weight is 327 g/mol. The van der Waals surface area contributed by atoms with Crippen LogP contribution in [0.15, 0.2) is 47.0 Å². The number of fused-ring (bicyclic) bond motifs is 3. The number of nitriles is 1. The third-order valence-corrected chi connectivity index (χ3v) is 4.98. The molecule has 0 atom stereocenters. The van der Waals surface area contributed by atoms with Gasteiger partial charge in [-0.2, -0.15) is 5.26 Å². The quantitative estimate of drug-likeness (QED) is 0.468. The highest BCUT2D eigenvalue weighted by Crippen LogP contribution is 2.35. The Labute approximate surface area is 146 Å². The van der Waals surface area contributed by atoms with Crippen LogP contribution in [-0.4, -0.2) is 0 Å². The van der Waals surface area contributed by atoms with Crippen molar-refractivity contribution in [2.75, 3.05) is 0 Å². The predicted molar refractivity (Wildman–Crippen MR) is 99.3 cm³/mol. The fraction of sp³-hybridized carbons (Fsp3) is 0.182. The van der Waals surface area contributed by atoms with Crippen molar-refractivity contribution < 1.29 is 8.98 Å². The predicted octanol–water partition coefficient (Wildman–Crippen LogP) is 4.87. The van der Waals surface area contributed by atoms with E-state index in [-0.39, 0.29) is 0 Å². The standard InChI is InChI=1S/C22H19N2O/c1-13-9-19(24(4)12-15(13)3)17-10-21-18(8-14(17)2)22-16(11-23)6-5-7-20(22)25-21/h5-10,12H,1-4H3/q+1. The molecule has 122 valence electrons. The van der Waals surface area contributed by atoms with E-state index in [2.05, 4.69) is 62.9 Å². The van der Waals surface area contributed by atoms with Gasteiger partial charge in [-0.05, 0) is 56.2 Å². The number of furan rings is 1. The van der Waals surface area contributed by atoms with Gasteiger partial charge in [-0.25, -0.2) is 4.57 Å². The van der Waals surface area contributed by atoms with Gasteiger partial charge < -0.3 is 4.42 Å². The molecule has 0 amide bonds. The minimum atomic E-state index is 0.653. The largest absolute Gasteiger partial charge is 0.456 e. The second kappa shape index (κ2) is 5.46. The van der Waals surface area contributed by atoms with Crippen LogP contribution in [0.2, 0.25) is 0 Å². The van der Waals surface area contributed by atoms with Crippen LogP contribution in [0.5, 0.6) is 0 Å². The molecule has 0 spiro atoms. The number of hydrogen-bond acceptors (Lipinski definition) is 2. The Morgan fingerprint density at radius 1 is 0.960 bits per heavy atom. The van der Waals surface area contributed by atoms with Gasteiger partial charge in [0.15, 0.2) is 6.20 Å². The molecule has 0 unspecified atom stereocenters. The van der Waals surface area contributed by atoms with Gasteiger partial charge >= 0.3 is 0 Å². The van der Waals surface area contributed by atoms with Crippen LogP contribution < -0.4 is 4.57 Å². The molecule has 0 aliphatic carbocycles. The number of aryl methyl sites for hydroxylation is 4. The molecule has 2 aromatic carbocycles. The molecule has 0 bridgehead atoms. The molecule has 0 N–H and O–H groups in total. The van der Waals surface area contributed by atoms with E-state index < -0.39 is 0 Å². The van der Waals surface area contributed by atoms with E-state index in [1.807, 2.05) is 18.2 Å². The number of benzene rings is 2. The molecule has 0 saturated carbocycles. The van der Waals surface area contributed by atoms with Crippen LogP contribution in [0.4, 0.5) is 0 Å². The van der Waals surface area contributed by atoms with Crippen molar-refractivity contribution in [3.05, 3.63) is 64.8 Å². The molecule has 0 fully saturated rings. The summed E-state index contributed by atoms with van der Waals surface area (Å²) in [6.45, 7) is 6.36. The number of aromatic nitrogens is 1. The van der Waals surface area contributed by atoms with Crippen molar-refractivity contribution in [1.29, 1.82) is 5.26 Å². The zero-order valence-electron chi connectivity index (χ0n) is 14.8. The first kappa shape index (κ1) is 15.4. The Bertz CT molecular complexity index is 1190. The molecular weight excluding hydrogens is 308 g/mol. The summed E-state index contributed by atoms with van der Waals surface area (Å²) in [5.74, 6) is 0. The van der Waals surface area contributed by atoms with Gasteiger partial charge in [-0.3, -0.25) is 0 Å². The van der Waals surface area contributed by atoms with Gasteiger partial charge in [-0.1, -0.05) is 6.07 Å². The van der Waals surface area contributed by atoms with Crippen LogP contribution in [-0.2, 0) is 7.05 Å². The van der Waals surface area contributed by atoms with E-state index in [0.29, 0.717) is 5.56 Å². The highest BCUT2D eigenvalue weighted by molar-refractivity contribution is 6.09. The summed E-state index contributed by atoms with van der Waals surface area (Å²) in [5.41, 5.74) is 8.24.